The smallest absolute Gasteiger partial charge is 0.324 e. The van der Waals surface area contributed by atoms with E-state index in [0.717, 1.165) is 36.7 Å². The minimum Gasteiger partial charge on any atom is -0.324 e. The molecule has 1 aromatic carbocycles. The summed E-state index contributed by atoms with van der Waals surface area (Å²) in [7, 11) is 0. The number of fused-ring (bicyclic) bond motifs is 2. The molecule has 0 radical (unpaired) electrons. The number of halogens is 3. The molecule has 0 saturated carbocycles. The van der Waals surface area contributed by atoms with Gasteiger partial charge in [-0.25, -0.2) is 4.79 Å². The van der Waals surface area contributed by atoms with E-state index >= 15 is 0 Å². The number of hydrogen-bond donors (Lipinski definition) is 1. The summed E-state index contributed by atoms with van der Waals surface area (Å²) >= 11 is 0. The van der Waals surface area contributed by atoms with Crippen molar-refractivity contribution in [2.24, 2.45) is 0 Å². The predicted molar refractivity (Wildman–Crippen MR) is 76.1 cm³/mol. The summed E-state index contributed by atoms with van der Waals surface area (Å²) in [4.78, 5) is 27.2. The Labute approximate surface area is 128 Å². The van der Waals surface area contributed by atoms with Crippen LogP contribution in [-0.2, 0) is 17.6 Å². The van der Waals surface area contributed by atoms with Gasteiger partial charge >= 0.3 is 12.1 Å². The highest BCUT2D eigenvalue weighted by molar-refractivity contribution is 5.82. The van der Waals surface area contributed by atoms with Crippen LogP contribution in [0.25, 0.3) is 10.9 Å². The Bertz CT molecular complexity index is 827. The van der Waals surface area contributed by atoms with Crippen LogP contribution in [0.15, 0.2) is 29.1 Å². The van der Waals surface area contributed by atoms with E-state index < -0.39 is 17.7 Å². The largest absolute Gasteiger partial charge is 0.493 e. The Balaban J connectivity index is 2.13. The summed E-state index contributed by atoms with van der Waals surface area (Å²) in [5.41, 5.74) is 1.30. The third-order valence-electron chi connectivity index (χ3n) is 3.72. The second-order valence-corrected chi connectivity index (χ2v) is 5.27. The SMILES string of the molecule is O=C(On1c(=O)ccc2cc3c(cc21)CCNCC3)C(F)(F)F. The lowest BCUT2D eigenvalue weighted by atomic mass is 10.00. The minimum atomic E-state index is -5.17. The molecule has 0 bridgehead atoms. The normalized spacial score (nSPS) is 15.1. The van der Waals surface area contributed by atoms with Crippen LogP contribution in [0, 0.1) is 0 Å². The topological polar surface area (TPSA) is 60.3 Å². The zero-order valence-electron chi connectivity index (χ0n) is 11.9. The number of aromatic nitrogens is 1. The number of benzene rings is 1. The highest BCUT2D eigenvalue weighted by Crippen LogP contribution is 2.22. The van der Waals surface area contributed by atoms with Gasteiger partial charge in [0.05, 0.1) is 5.52 Å². The average Bonchev–Trinajstić information content (AvgIpc) is 2.72. The number of alkyl halides is 3. The van der Waals surface area contributed by atoms with E-state index in [1.54, 1.807) is 6.07 Å². The number of rotatable bonds is 1. The van der Waals surface area contributed by atoms with Gasteiger partial charge in [0, 0.05) is 11.5 Å². The Hall–Kier alpha value is -2.35. The van der Waals surface area contributed by atoms with Gasteiger partial charge in [0.2, 0.25) is 0 Å². The molecule has 23 heavy (non-hydrogen) atoms. The molecule has 0 fully saturated rings. The van der Waals surface area contributed by atoms with E-state index in [1.807, 2.05) is 6.07 Å². The molecule has 2 heterocycles. The van der Waals surface area contributed by atoms with E-state index in [0.29, 0.717) is 16.5 Å². The second kappa shape index (κ2) is 5.69. The van der Waals surface area contributed by atoms with E-state index in [1.165, 1.54) is 6.07 Å². The van der Waals surface area contributed by atoms with E-state index in [-0.39, 0.29) is 5.52 Å². The molecule has 5 nitrogen and oxygen atoms in total. The molecule has 3 rings (SSSR count). The molecule has 2 aromatic rings. The van der Waals surface area contributed by atoms with Crippen molar-refractivity contribution in [2.45, 2.75) is 19.0 Å². The average molecular weight is 326 g/mol. The monoisotopic (exact) mass is 326 g/mol. The molecule has 0 amide bonds. The van der Waals surface area contributed by atoms with Gasteiger partial charge in [-0.15, -0.1) is 4.73 Å². The van der Waals surface area contributed by atoms with Gasteiger partial charge in [-0.3, -0.25) is 4.79 Å². The molecule has 1 aromatic heterocycles. The zero-order valence-corrected chi connectivity index (χ0v) is 11.9. The molecule has 122 valence electrons. The lowest BCUT2D eigenvalue weighted by molar-refractivity contribution is -0.199. The van der Waals surface area contributed by atoms with Gasteiger partial charge in [0.1, 0.15) is 0 Å². The van der Waals surface area contributed by atoms with Crippen molar-refractivity contribution in [3.63, 3.8) is 0 Å². The van der Waals surface area contributed by atoms with Crippen LogP contribution in [0.5, 0.6) is 0 Å². The molecule has 0 spiro atoms. The highest BCUT2D eigenvalue weighted by Gasteiger charge is 2.42. The van der Waals surface area contributed by atoms with Crippen molar-refractivity contribution in [3.8, 4) is 0 Å². The molecule has 8 heteroatoms. The van der Waals surface area contributed by atoms with Gasteiger partial charge in [-0.2, -0.15) is 13.2 Å². The molecule has 1 N–H and O–H groups in total. The lowest BCUT2D eigenvalue weighted by Crippen LogP contribution is -2.38. The van der Waals surface area contributed by atoms with Crippen LogP contribution in [-0.4, -0.2) is 30.0 Å². The van der Waals surface area contributed by atoms with Gasteiger partial charge < -0.3 is 10.2 Å². The van der Waals surface area contributed by atoms with Crippen LogP contribution in [0.2, 0.25) is 0 Å². The predicted octanol–water partition coefficient (Wildman–Crippen LogP) is 1.21. The Kier molecular flexibility index (Phi) is 3.85. The molecular weight excluding hydrogens is 313 g/mol. The first-order chi connectivity index (χ1) is 10.9. The third-order valence-corrected chi connectivity index (χ3v) is 3.72. The van der Waals surface area contributed by atoms with Crippen molar-refractivity contribution in [1.29, 1.82) is 0 Å². The van der Waals surface area contributed by atoms with Crippen molar-refractivity contribution in [2.75, 3.05) is 13.1 Å². The molecule has 1 aliphatic heterocycles. The Morgan fingerprint density at radius 2 is 1.78 bits per heavy atom. The van der Waals surface area contributed by atoms with Crippen LogP contribution < -0.4 is 15.7 Å². The van der Waals surface area contributed by atoms with Crippen molar-refractivity contribution in [3.05, 3.63) is 45.7 Å². The fourth-order valence-corrected chi connectivity index (χ4v) is 2.62. The summed E-state index contributed by atoms with van der Waals surface area (Å²) in [5, 5.41) is 3.77. The Morgan fingerprint density at radius 3 is 2.43 bits per heavy atom. The number of hydrogen-bond acceptors (Lipinski definition) is 4. The minimum absolute atomic E-state index is 0.149. The summed E-state index contributed by atoms with van der Waals surface area (Å²) in [6, 6.07) is 6.01. The highest BCUT2D eigenvalue weighted by atomic mass is 19.4. The standard InChI is InChI=1S/C15H13F3N2O3/c16-15(17,18)14(22)23-20-12-8-10-4-6-19-5-3-9(10)7-11(12)1-2-13(20)21/h1-2,7-8,19H,3-6H2. The fraction of sp³-hybridized carbons (Fsp3) is 0.333. The first kappa shape index (κ1) is 15.5. The first-order valence-electron chi connectivity index (χ1n) is 7.04. The van der Waals surface area contributed by atoms with E-state index in [4.69, 9.17) is 0 Å². The van der Waals surface area contributed by atoms with Crippen LogP contribution in [0.3, 0.4) is 0 Å². The van der Waals surface area contributed by atoms with Gasteiger partial charge in [-0.05, 0) is 55.3 Å². The summed E-state index contributed by atoms with van der Waals surface area (Å²) in [6.07, 6.45) is -3.70. The van der Waals surface area contributed by atoms with Crippen LogP contribution in [0.1, 0.15) is 11.1 Å². The van der Waals surface area contributed by atoms with Gasteiger partial charge in [-0.1, -0.05) is 0 Å². The summed E-state index contributed by atoms with van der Waals surface area (Å²) in [5.74, 6) is -2.43. The number of carbonyl (C=O) groups is 1. The molecule has 0 saturated heterocycles. The summed E-state index contributed by atoms with van der Waals surface area (Å²) in [6.45, 7) is 1.54. The summed E-state index contributed by atoms with van der Waals surface area (Å²) < 4.78 is 37.6. The van der Waals surface area contributed by atoms with Crippen LogP contribution >= 0.6 is 0 Å². The van der Waals surface area contributed by atoms with Gasteiger partial charge in [0.15, 0.2) is 0 Å². The molecule has 1 aliphatic rings. The van der Waals surface area contributed by atoms with Gasteiger partial charge in [0.25, 0.3) is 5.56 Å². The van der Waals surface area contributed by atoms with Crippen molar-refractivity contribution in [1.82, 2.24) is 10.0 Å². The number of carbonyl (C=O) groups excluding carboxylic acids is 1. The maximum atomic E-state index is 12.4. The van der Waals surface area contributed by atoms with E-state index in [2.05, 4.69) is 10.2 Å². The maximum absolute atomic E-state index is 12.4. The van der Waals surface area contributed by atoms with Crippen LogP contribution in [0.4, 0.5) is 13.2 Å². The lowest BCUT2D eigenvalue weighted by Gasteiger charge is -2.13. The maximum Gasteiger partial charge on any atom is 0.493 e. The first-order valence-corrected chi connectivity index (χ1v) is 7.04. The number of nitrogens with one attached hydrogen (secondary N) is 1. The van der Waals surface area contributed by atoms with E-state index in [9.17, 15) is 22.8 Å². The Morgan fingerprint density at radius 1 is 1.13 bits per heavy atom. The third kappa shape index (κ3) is 3.07. The molecule has 0 unspecified atom stereocenters. The van der Waals surface area contributed by atoms with Crippen molar-refractivity contribution >= 4 is 16.9 Å². The number of nitrogens with zero attached hydrogens (tertiary/aromatic N) is 1. The number of pyridine rings is 1. The quantitative estimate of drug-likeness (QED) is 0.856. The molecule has 0 atom stereocenters. The fourth-order valence-electron chi connectivity index (χ4n) is 2.62. The zero-order chi connectivity index (χ0) is 16.6. The van der Waals surface area contributed by atoms with Crippen molar-refractivity contribution < 1.29 is 22.8 Å². The molecular formula is C15H13F3N2O3. The second-order valence-electron chi connectivity index (χ2n) is 5.27. The molecule has 0 aliphatic carbocycles.